The number of carboxylic acid groups (broad SMARTS) is 1. The van der Waals surface area contributed by atoms with Crippen LogP contribution in [0.5, 0.6) is 0 Å². The van der Waals surface area contributed by atoms with Gasteiger partial charge in [-0.15, -0.1) is 0 Å². The van der Waals surface area contributed by atoms with Crippen molar-refractivity contribution in [1.29, 1.82) is 0 Å². The molecular weight excluding hydrogens is 198 g/mol. The van der Waals surface area contributed by atoms with Crippen molar-refractivity contribution in [2.45, 2.75) is 12.8 Å². The summed E-state index contributed by atoms with van der Waals surface area (Å²) < 4.78 is 4.85. The van der Waals surface area contributed by atoms with Gasteiger partial charge in [0.05, 0.1) is 0 Å². The van der Waals surface area contributed by atoms with Gasteiger partial charge >= 0.3 is 12.1 Å². The van der Waals surface area contributed by atoms with Crippen LogP contribution in [0, 0.1) is 5.92 Å². The lowest BCUT2D eigenvalue weighted by molar-refractivity contribution is -0.138. The lowest BCUT2D eigenvalue weighted by atomic mass is 10.1. The van der Waals surface area contributed by atoms with Crippen LogP contribution < -0.4 is 0 Å². The Kier molecular flexibility index (Phi) is 4.15. The first kappa shape index (κ1) is 11.6. The van der Waals surface area contributed by atoms with Gasteiger partial charge in [-0.2, -0.15) is 0 Å². The molecule has 0 spiro atoms. The maximum Gasteiger partial charge on any atom is 0.410 e. The van der Waals surface area contributed by atoms with Crippen LogP contribution in [0.2, 0.25) is 0 Å². The molecule has 5 nitrogen and oxygen atoms in total. The van der Waals surface area contributed by atoms with Crippen molar-refractivity contribution < 1.29 is 19.4 Å². The third kappa shape index (κ3) is 3.61. The SMILES string of the molecule is C=CCOC(=O)N1CC[C@@H](CC(=O)O)C1. The highest BCUT2D eigenvalue weighted by Crippen LogP contribution is 2.19. The molecule has 1 atom stereocenters. The molecule has 0 bridgehead atoms. The van der Waals surface area contributed by atoms with E-state index in [1.165, 1.54) is 11.0 Å². The molecule has 0 aromatic heterocycles. The molecule has 0 saturated carbocycles. The average Bonchev–Trinajstić information content (AvgIpc) is 2.61. The minimum atomic E-state index is -0.818. The van der Waals surface area contributed by atoms with Crippen molar-refractivity contribution in [3.63, 3.8) is 0 Å². The molecule has 0 radical (unpaired) electrons. The highest BCUT2D eigenvalue weighted by atomic mass is 16.6. The van der Waals surface area contributed by atoms with Gasteiger partial charge in [-0.1, -0.05) is 12.7 Å². The van der Waals surface area contributed by atoms with Gasteiger partial charge in [-0.3, -0.25) is 4.79 Å². The lowest BCUT2D eigenvalue weighted by Crippen LogP contribution is -2.29. The predicted octanol–water partition coefficient (Wildman–Crippen LogP) is 1.11. The summed E-state index contributed by atoms with van der Waals surface area (Å²) in [6.45, 7) is 4.69. The van der Waals surface area contributed by atoms with Crippen LogP contribution in [-0.2, 0) is 9.53 Å². The van der Waals surface area contributed by atoms with E-state index < -0.39 is 5.97 Å². The Bertz CT molecular complexity index is 264. The number of hydrogen-bond acceptors (Lipinski definition) is 3. The third-order valence-corrected chi connectivity index (χ3v) is 2.33. The number of rotatable bonds is 4. The summed E-state index contributed by atoms with van der Waals surface area (Å²) in [7, 11) is 0. The third-order valence-electron chi connectivity index (χ3n) is 2.33. The van der Waals surface area contributed by atoms with E-state index in [0.29, 0.717) is 13.1 Å². The summed E-state index contributed by atoms with van der Waals surface area (Å²) in [5, 5.41) is 8.59. The number of nitrogens with zero attached hydrogens (tertiary/aromatic N) is 1. The van der Waals surface area contributed by atoms with Gasteiger partial charge in [0.2, 0.25) is 0 Å². The molecule has 1 amide bonds. The summed E-state index contributed by atoms with van der Waals surface area (Å²) in [4.78, 5) is 23.3. The van der Waals surface area contributed by atoms with Gasteiger partial charge in [0.25, 0.3) is 0 Å². The first-order chi connectivity index (χ1) is 7.13. The molecule has 1 rings (SSSR count). The Hall–Kier alpha value is -1.52. The number of carboxylic acids is 1. The lowest BCUT2D eigenvalue weighted by Gasteiger charge is -2.15. The summed E-state index contributed by atoms with van der Waals surface area (Å²) in [5.41, 5.74) is 0. The van der Waals surface area contributed by atoms with Crippen LogP contribution in [0.1, 0.15) is 12.8 Å². The van der Waals surface area contributed by atoms with E-state index in [2.05, 4.69) is 6.58 Å². The van der Waals surface area contributed by atoms with E-state index in [1.54, 1.807) is 0 Å². The van der Waals surface area contributed by atoms with Crippen molar-refractivity contribution in [1.82, 2.24) is 4.90 Å². The Morgan fingerprint density at radius 2 is 2.33 bits per heavy atom. The van der Waals surface area contributed by atoms with Gasteiger partial charge in [-0.25, -0.2) is 4.79 Å². The van der Waals surface area contributed by atoms with E-state index in [9.17, 15) is 9.59 Å². The zero-order chi connectivity index (χ0) is 11.3. The molecule has 1 N–H and O–H groups in total. The minimum Gasteiger partial charge on any atom is -0.481 e. The number of hydrogen-bond donors (Lipinski definition) is 1. The largest absolute Gasteiger partial charge is 0.481 e. The highest BCUT2D eigenvalue weighted by molar-refractivity contribution is 5.69. The van der Waals surface area contributed by atoms with Crippen molar-refractivity contribution in [2.24, 2.45) is 5.92 Å². The normalized spacial score (nSPS) is 20.0. The topological polar surface area (TPSA) is 66.8 Å². The van der Waals surface area contributed by atoms with Gasteiger partial charge < -0.3 is 14.7 Å². The van der Waals surface area contributed by atoms with Gasteiger partial charge in [0.1, 0.15) is 6.61 Å². The van der Waals surface area contributed by atoms with Crippen LogP contribution in [-0.4, -0.2) is 41.8 Å². The molecule has 1 saturated heterocycles. The Balaban J connectivity index is 2.31. The maximum absolute atomic E-state index is 11.3. The zero-order valence-corrected chi connectivity index (χ0v) is 8.52. The molecule has 1 fully saturated rings. The fourth-order valence-corrected chi connectivity index (χ4v) is 1.63. The Morgan fingerprint density at radius 1 is 1.60 bits per heavy atom. The number of amides is 1. The summed E-state index contributed by atoms with van der Waals surface area (Å²) >= 11 is 0. The first-order valence-electron chi connectivity index (χ1n) is 4.88. The molecular formula is C10H15NO4. The van der Waals surface area contributed by atoms with Crippen LogP contribution >= 0.6 is 0 Å². The second-order valence-corrected chi connectivity index (χ2v) is 3.56. The van der Waals surface area contributed by atoms with Gasteiger partial charge in [0.15, 0.2) is 0 Å². The van der Waals surface area contributed by atoms with E-state index in [1.807, 2.05) is 0 Å². The average molecular weight is 213 g/mol. The van der Waals surface area contributed by atoms with Gasteiger partial charge in [0, 0.05) is 19.5 Å². The van der Waals surface area contributed by atoms with Crippen LogP contribution in [0.15, 0.2) is 12.7 Å². The second-order valence-electron chi connectivity index (χ2n) is 3.56. The fourth-order valence-electron chi connectivity index (χ4n) is 1.63. The number of ether oxygens (including phenoxy) is 1. The molecule has 0 aromatic carbocycles. The van der Waals surface area contributed by atoms with Crippen molar-refractivity contribution in [3.05, 3.63) is 12.7 Å². The molecule has 5 heteroatoms. The molecule has 0 unspecified atom stereocenters. The number of carbonyl (C=O) groups excluding carboxylic acids is 1. The minimum absolute atomic E-state index is 0.0544. The number of aliphatic carboxylic acids is 1. The monoisotopic (exact) mass is 213 g/mol. The van der Waals surface area contributed by atoms with Crippen molar-refractivity contribution in [2.75, 3.05) is 19.7 Å². The number of likely N-dealkylation sites (tertiary alicyclic amines) is 1. The number of carbonyl (C=O) groups is 2. The first-order valence-corrected chi connectivity index (χ1v) is 4.88. The van der Waals surface area contributed by atoms with Crippen molar-refractivity contribution >= 4 is 12.1 Å². The van der Waals surface area contributed by atoms with E-state index in [0.717, 1.165) is 6.42 Å². The predicted molar refractivity (Wildman–Crippen MR) is 53.5 cm³/mol. The van der Waals surface area contributed by atoms with Crippen LogP contribution in [0.25, 0.3) is 0 Å². The fraction of sp³-hybridized carbons (Fsp3) is 0.600. The second kappa shape index (κ2) is 5.38. The summed E-state index contributed by atoms with van der Waals surface area (Å²) in [5.74, 6) is -0.764. The van der Waals surface area contributed by atoms with E-state index in [4.69, 9.17) is 9.84 Å². The standard InChI is InChI=1S/C10H15NO4/c1-2-5-15-10(14)11-4-3-8(7-11)6-9(12)13/h2,8H,1,3-7H2,(H,12,13)/t8-/m0/s1. The van der Waals surface area contributed by atoms with Crippen LogP contribution in [0.3, 0.4) is 0 Å². The molecule has 1 heterocycles. The molecule has 0 aromatic rings. The molecule has 1 aliphatic heterocycles. The zero-order valence-electron chi connectivity index (χ0n) is 8.52. The Morgan fingerprint density at radius 3 is 2.93 bits per heavy atom. The summed E-state index contributed by atoms with van der Waals surface area (Å²) in [6, 6.07) is 0. The van der Waals surface area contributed by atoms with Crippen molar-refractivity contribution in [3.8, 4) is 0 Å². The van der Waals surface area contributed by atoms with E-state index in [-0.39, 0.29) is 25.0 Å². The molecule has 1 aliphatic rings. The van der Waals surface area contributed by atoms with E-state index >= 15 is 0 Å². The molecule has 15 heavy (non-hydrogen) atoms. The molecule has 84 valence electrons. The Labute approximate surface area is 88.3 Å². The van der Waals surface area contributed by atoms with Crippen LogP contribution in [0.4, 0.5) is 4.79 Å². The highest BCUT2D eigenvalue weighted by Gasteiger charge is 2.28. The maximum atomic E-state index is 11.3. The quantitative estimate of drug-likeness (QED) is 0.710. The summed E-state index contributed by atoms with van der Waals surface area (Å²) in [6.07, 6.45) is 1.96. The van der Waals surface area contributed by atoms with Gasteiger partial charge in [-0.05, 0) is 12.3 Å². The molecule has 0 aliphatic carbocycles. The smallest absolute Gasteiger partial charge is 0.410 e.